The summed E-state index contributed by atoms with van der Waals surface area (Å²) in [6.45, 7) is 2.02. The minimum Gasteiger partial charge on any atom is -0.391 e. The minimum atomic E-state index is 0.0529. The number of hydrogen-bond donors (Lipinski definition) is 1. The fraction of sp³-hybridized carbons (Fsp3) is 0.333. The summed E-state index contributed by atoms with van der Waals surface area (Å²) in [5.74, 6) is 0. The number of aliphatic hydroxyl groups is 1. The van der Waals surface area contributed by atoms with Crippen molar-refractivity contribution in [3.63, 3.8) is 0 Å². The molecule has 0 saturated heterocycles. The van der Waals surface area contributed by atoms with Crippen molar-refractivity contribution in [2.75, 3.05) is 0 Å². The molecule has 0 saturated carbocycles. The van der Waals surface area contributed by atoms with Crippen LogP contribution < -0.4 is 0 Å². The van der Waals surface area contributed by atoms with E-state index in [-0.39, 0.29) is 6.61 Å². The van der Waals surface area contributed by atoms with Gasteiger partial charge in [0, 0.05) is 9.75 Å². The van der Waals surface area contributed by atoms with E-state index in [0.29, 0.717) is 5.02 Å². The lowest BCUT2D eigenvalue weighted by atomic mass is 10.4. The van der Waals surface area contributed by atoms with Gasteiger partial charge in [0.2, 0.25) is 0 Å². The highest BCUT2D eigenvalue weighted by molar-refractivity contribution is 7.12. The van der Waals surface area contributed by atoms with Crippen molar-refractivity contribution in [2.45, 2.75) is 13.5 Å². The Hall–Kier alpha value is -0.0500. The van der Waals surface area contributed by atoms with Crippen molar-refractivity contribution in [1.29, 1.82) is 0 Å². The first-order valence-electron chi connectivity index (χ1n) is 2.59. The van der Waals surface area contributed by atoms with Crippen LogP contribution in [0.2, 0.25) is 5.02 Å². The SMILES string of the molecule is Cc1cc(Cl)c(CO)s1. The maximum Gasteiger partial charge on any atom is 0.0789 e. The number of aliphatic hydroxyl groups excluding tert-OH is 1. The predicted molar refractivity (Wildman–Crippen MR) is 40.0 cm³/mol. The maximum absolute atomic E-state index is 8.66. The van der Waals surface area contributed by atoms with Gasteiger partial charge in [-0.15, -0.1) is 11.3 Å². The van der Waals surface area contributed by atoms with Crippen molar-refractivity contribution < 1.29 is 5.11 Å². The number of halogens is 1. The lowest BCUT2D eigenvalue weighted by molar-refractivity contribution is 0.285. The highest BCUT2D eigenvalue weighted by Gasteiger charge is 2.01. The summed E-state index contributed by atoms with van der Waals surface area (Å²) in [4.78, 5) is 2.00. The van der Waals surface area contributed by atoms with E-state index in [1.807, 2.05) is 13.0 Å². The predicted octanol–water partition coefficient (Wildman–Crippen LogP) is 2.20. The van der Waals surface area contributed by atoms with Crippen molar-refractivity contribution in [3.8, 4) is 0 Å². The van der Waals surface area contributed by atoms with Gasteiger partial charge in [-0.25, -0.2) is 0 Å². The van der Waals surface area contributed by atoms with E-state index >= 15 is 0 Å². The fourth-order valence-electron chi connectivity index (χ4n) is 0.639. The second-order valence-corrected chi connectivity index (χ2v) is 3.53. The molecular weight excluding hydrogens is 156 g/mol. The molecule has 1 N–H and O–H groups in total. The van der Waals surface area contributed by atoms with Crippen LogP contribution in [0.3, 0.4) is 0 Å². The molecule has 50 valence electrons. The van der Waals surface area contributed by atoms with E-state index in [1.165, 1.54) is 11.3 Å². The van der Waals surface area contributed by atoms with Crippen LogP contribution in [0.1, 0.15) is 9.75 Å². The topological polar surface area (TPSA) is 20.2 Å². The van der Waals surface area contributed by atoms with E-state index in [1.54, 1.807) is 0 Å². The second-order valence-electron chi connectivity index (χ2n) is 1.79. The molecule has 1 rings (SSSR count). The van der Waals surface area contributed by atoms with E-state index in [0.717, 1.165) is 9.75 Å². The monoisotopic (exact) mass is 162 g/mol. The standard InChI is InChI=1S/C6H7ClOS/c1-4-2-5(7)6(3-8)9-4/h2,8H,3H2,1H3. The molecule has 9 heavy (non-hydrogen) atoms. The molecule has 0 fully saturated rings. The molecule has 0 aromatic carbocycles. The smallest absolute Gasteiger partial charge is 0.0789 e. The highest BCUT2D eigenvalue weighted by atomic mass is 35.5. The summed E-state index contributed by atoms with van der Waals surface area (Å²) in [7, 11) is 0. The van der Waals surface area contributed by atoms with E-state index in [2.05, 4.69) is 0 Å². The van der Waals surface area contributed by atoms with Crippen molar-refractivity contribution in [1.82, 2.24) is 0 Å². The average Bonchev–Trinajstić information content (AvgIpc) is 2.10. The third-order valence-electron chi connectivity index (χ3n) is 1.02. The Kier molecular flexibility index (Phi) is 2.11. The molecule has 0 aliphatic heterocycles. The second kappa shape index (κ2) is 2.69. The quantitative estimate of drug-likeness (QED) is 0.672. The molecule has 0 unspecified atom stereocenters. The minimum absolute atomic E-state index is 0.0529. The van der Waals surface area contributed by atoms with Gasteiger partial charge in [-0.3, -0.25) is 0 Å². The van der Waals surface area contributed by atoms with Gasteiger partial charge < -0.3 is 5.11 Å². The highest BCUT2D eigenvalue weighted by Crippen LogP contribution is 2.25. The molecule has 0 aliphatic carbocycles. The van der Waals surface area contributed by atoms with Gasteiger partial charge in [-0.2, -0.15) is 0 Å². The Bertz CT molecular complexity index is 207. The summed E-state index contributed by atoms with van der Waals surface area (Å²) in [5, 5.41) is 9.34. The fourth-order valence-corrected chi connectivity index (χ4v) is 1.83. The van der Waals surface area contributed by atoms with Crippen LogP contribution in [-0.4, -0.2) is 5.11 Å². The van der Waals surface area contributed by atoms with Crippen LogP contribution in [-0.2, 0) is 6.61 Å². The zero-order valence-corrected chi connectivity index (χ0v) is 6.59. The molecule has 1 heterocycles. The Morgan fingerprint density at radius 1 is 1.78 bits per heavy atom. The van der Waals surface area contributed by atoms with Crippen LogP contribution in [0.5, 0.6) is 0 Å². The lowest BCUT2D eigenvalue weighted by Gasteiger charge is -1.85. The Labute approximate surface area is 62.9 Å². The van der Waals surface area contributed by atoms with Gasteiger partial charge >= 0.3 is 0 Å². The van der Waals surface area contributed by atoms with Crippen molar-refractivity contribution in [2.24, 2.45) is 0 Å². The van der Waals surface area contributed by atoms with Gasteiger partial charge in [-0.05, 0) is 13.0 Å². The molecule has 0 bridgehead atoms. The Morgan fingerprint density at radius 2 is 2.44 bits per heavy atom. The molecule has 0 atom stereocenters. The molecular formula is C6H7ClOS. The average molecular weight is 163 g/mol. The Balaban J connectivity index is 3.01. The summed E-state index contributed by atoms with van der Waals surface area (Å²) in [6, 6.07) is 1.86. The maximum atomic E-state index is 8.66. The van der Waals surface area contributed by atoms with Gasteiger partial charge in [0.15, 0.2) is 0 Å². The lowest BCUT2D eigenvalue weighted by Crippen LogP contribution is -1.73. The normalized spacial score (nSPS) is 10.1. The molecule has 1 nitrogen and oxygen atoms in total. The van der Waals surface area contributed by atoms with Crippen LogP contribution in [0.15, 0.2) is 6.07 Å². The third kappa shape index (κ3) is 1.45. The molecule has 0 aliphatic rings. The molecule has 0 amide bonds. The van der Waals surface area contributed by atoms with Gasteiger partial charge in [0.25, 0.3) is 0 Å². The third-order valence-corrected chi connectivity index (χ3v) is 2.51. The van der Waals surface area contributed by atoms with Crippen LogP contribution >= 0.6 is 22.9 Å². The zero-order chi connectivity index (χ0) is 6.85. The molecule has 1 aromatic heterocycles. The summed E-state index contributed by atoms with van der Waals surface area (Å²) < 4.78 is 0. The summed E-state index contributed by atoms with van der Waals surface area (Å²) in [5.41, 5.74) is 0. The zero-order valence-electron chi connectivity index (χ0n) is 5.02. The number of hydrogen-bond acceptors (Lipinski definition) is 2. The van der Waals surface area contributed by atoms with Gasteiger partial charge in [-0.1, -0.05) is 11.6 Å². The first-order chi connectivity index (χ1) is 4.24. The Morgan fingerprint density at radius 3 is 2.67 bits per heavy atom. The van der Waals surface area contributed by atoms with Gasteiger partial charge in [0.1, 0.15) is 0 Å². The van der Waals surface area contributed by atoms with Crippen LogP contribution in [0, 0.1) is 6.92 Å². The molecule has 3 heteroatoms. The summed E-state index contributed by atoms with van der Waals surface area (Å²) >= 11 is 7.23. The largest absolute Gasteiger partial charge is 0.391 e. The van der Waals surface area contributed by atoms with E-state index in [9.17, 15) is 0 Å². The van der Waals surface area contributed by atoms with Crippen molar-refractivity contribution >= 4 is 22.9 Å². The molecule has 0 spiro atoms. The van der Waals surface area contributed by atoms with Crippen LogP contribution in [0.4, 0.5) is 0 Å². The molecule has 1 aromatic rings. The molecule has 0 radical (unpaired) electrons. The summed E-state index contributed by atoms with van der Waals surface area (Å²) in [6.07, 6.45) is 0. The first-order valence-corrected chi connectivity index (χ1v) is 3.79. The van der Waals surface area contributed by atoms with Crippen LogP contribution in [0.25, 0.3) is 0 Å². The van der Waals surface area contributed by atoms with Gasteiger partial charge in [0.05, 0.1) is 11.6 Å². The number of rotatable bonds is 1. The van der Waals surface area contributed by atoms with Crippen molar-refractivity contribution in [3.05, 3.63) is 20.8 Å². The van der Waals surface area contributed by atoms with E-state index in [4.69, 9.17) is 16.7 Å². The number of aryl methyl sites for hydroxylation is 1. The number of thiophene rings is 1. The van der Waals surface area contributed by atoms with E-state index < -0.39 is 0 Å². The first kappa shape index (κ1) is 7.06.